The minimum Gasteiger partial charge on any atom is -0.322 e. The van der Waals surface area contributed by atoms with Gasteiger partial charge in [-0.25, -0.2) is 0 Å². The maximum Gasteiger partial charge on any atom is 0.244 e. The molecular formula is C5H13O2PS2. The van der Waals surface area contributed by atoms with Crippen LogP contribution in [-0.4, -0.2) is 12.7 Å². The van der Waals surface area contributed by atoms with Crippen LogP contribution in [0, 0.1) is 0 Å². The molecule has 0 saturated carbocycles. The van der Waals surface area contributed by atoms with Gasteiger partial charge < -0.3 is 9.05 Å². The van der Waals surface area contributed by atoms with Gasteiger partial charge in [0.2, 0.25) is 5.69 Å². The van der Waals surface area contributed by atoms with Crippen LogP contribution in [0.3, 0.4) is 0 Å². The lowest BCUT2D eigenvalue weighted by atomic mass is 10.5. The van der Waals surface area contributed by atoms with Gasteiger partial charge in [0.05, 0.1) is 12.7 Å². The highest BCUT2D eigenvalue weighted by atomic mass is 32.9. The Morgan fingerprint density at radius 2 is 2.10 bits per heavy atom. The summed E-state index contributed by atoms with van der Waals surface area (Å²) in [4.78, 5) is 0. The molecule has 0 amide bonds. The average Bonchev–Trinajstić information content (AvgIpc) is 1.59. The molecule has 0 radical (unpaired) electrons. The Balaban J connectivity index is 3.75. The van der Waals surface area contributed by atoms with Crippen LogP contribution in [0.5, 0.6) is 0 Å². The Kier molecular flexibility index (Phi) is 5.16. The predicted octanol–water partition coefficient (Wildman–Crippen LogP) is 2.60. The van der Waals surface area contributed by atoms with Crippen molar-refractivity contribution >= 4 is 29.7 Å². The van der Waals surface area contributed by atoms with Gasteiger partial charge in [-0.05, 0) is 32.6 Å². The summed E-state index contributed by atoms with van der Waals surface area (Å²) in [5, 5.41) is 0. The highest BCUT2D eigenvalue weighted by Gasteiger charge is 2.13. The Morgan fingerprint density at radius 3 is 2.40 bits per heavy atom. The van der Waals surface area contributed by atoms with Crippen LogP contribution in [0.2, 0.25) is 0 Å². The summed E-state index contributed by atoms with van der Waals surface area (Å²) in [7, 11) is 0. The summed E-state index contributed by atoms with van der Waals surface area (Å²) in [6.45, 7) is 6.26. The van der Waals surface area contributed by atoms with E-state index < -0.39 is 5.69 Å². The van der Waals surface area contributed by atoms with Crippen LogP contribution in [0.4, 0.5) is 0 Å². The molecule has 0 aromatic rings. The number of hydrogen-bond donors (Lipinski definition) is 1. The van der Waals surface area contributed by atoms with Crippen molar-refractivity contribution in [2.75, 3.05) is 6.61 Å². The Hall–Kier alpha value is 0.920. The van der Waals surface area contributed by atoms with E-state index in [-0.39, 0.29) is 6.10 Å². The summed E-state index contributed by atoms with van der Waals surface area (Å²) in [5.74, 6) is 0. The van der Waals surface area contributed by atoms with E-state index in [1.54, 1.807) is 0 Å². The van der Waals surface area contributed by atoms with E-state index in [0.717, 1.165) is 0 Å². The van der Waals surface area contributed by atoms with Gasteiger partial charge in [-0.15, -0.1) is 0 Å². The first-order valence-electron chi connectivity index (χ1n) is 3.13. The topological polar surface area (TPSA) is 18.5 Å². The van der Waals surface area contributed by atoms with Gasteiger partial charge in [0.15, 0.2) is 0 Å². The lowest BCUT2D eigenvalue weighted by Gasteiger charge is -2.17. The molecule has 5 heteroatoms. The molecule has 1 unspecified atom stereocenters. The van der Waals surface area contributed by atoms with Gasteiger partial charge in [-0.2, -0.15) is 0 Å². The SMILES string of the molecule is CCOP(=S)(S)OC(C)C. The zero-order valence-corrected chi connectivity index (χ0v) is 9.01. The van der Waals surface area contributed by atoms with Crippen molar-refractivity contribution in [3.63, 3.8) is 0 Å². The molecule has 0 aliphatic heterocycles. The summed E-state index contributed by atoms with van der Waals surface area (Å²) in [6.07, 6.45) is 0.0925. The van der Waals surface area contributed by atoms with Crippen molar-refractivity contribution in [3.05, 3.63) is 0 Å². The highest BCUT2D eigenvalue weighted by molar-refractivity contribution is 8.60. The zero-order valence-electron chi connectivity index (χ0n) is 6.40. The summed E-state index contributed by atoms with van der Waals surface area (Å²) < 4.78 is 10.4. The Labute approximate surface area is 72.6 Å². The summed E-state index contributed by atoms with van der Waals surface area (Å²) >= 11 is 9.04. The van der Waals surface area contributed by atoms with E-state index in [1.807, 2.05) is 20.8 Å². The lowest BCUT2D eigenvalue weighted by Crippen LogP contribution is -1.99. The molecular weight excluding hydrogens is 187 g/mol. The summed E-state index contributed by atoms with van der Waals surface area (Å²) in [5.41, 5.74) is -2.22. The normalized spacial score (nSPS) is 17.3. The fraction of sp³-hybridized carbons (Fsp3) is 1.00. The molecule has 0 saturated heterocycles. The number of hydrogen-bond acceptors (Lipinski definition) is 3. The van der Waals surface area contributed by atoms with Crippen LogP contribution in [0.25, 0.3) is 0 Å². The van der Waals surface area contributed by atoms with Crippen LogP contribution >= 0.6 is 17.9 Å². The smallest absolute Gasteiger partial charge is 0.244 e. The van der Waals surface area contributed by atoms with Gasteiger partial charge in [-0.1, -0.05) is 12.2 Å². The maximum atomic E-state index is 5.25. The van der Waals surface area contributed by atoms with E-state index in [4.69, 9.17) is 20.9 Å². The second-order valence-electron chi connectivity index (χ2n) is 2.04. The molecule has 0 N–H and O–H groups in total. The number of rotatable bonds is 4. The first-order valence-corrected chi connectivity index (χ1v) is 6.92. The maximum absolute atomic E-state index is 5.25. The molecule has 0 aromatic heterocycles. The molecule has 0 spiro atoms. The van der Waals surface area contributed by atoms with Crippen molar-refractivity contribution in [1.82, 2.24) is 0 Å². The molecule has 0 aliphatic rings. The standard InChI is InChI=1S/C5H13O2PS2/c1-4-6-8(9,10)7-5(2)3/h5H,4H2,1-3H3,(H,9,10). The minimum atomic E-state index is -2.22. The molecule has 0 aliphatic carbocycles. The summed E-state index contributed by atoms with van der Waals surface area (Å²) in [6, 6.07) is 0. The molecule has 62 valence electrons. The van der Waals surface area contributed by atoms with Crippen molar-refractivity contribution in [2.24, 2.45) is 0 Å². The predicted molar refractivity (Wildman–Crippen MR) is 51.1 cm³/mol. The van der Waals surface area contributed by atoms with Gasteiger partial charge in [0, 0.05) is 0 Å². The van der Waals surface area contributed by atoms with Crippen LogP contribution in [0.15, 0.2) is 0 Å². The van der Waals surface area contributed by atoms with Crippen LogP contribution in [0.1, 0.15) is 20.8 Å². The van der Waals surface area contributed by atoms with Crippen LogP contribution in [-0.2, 0) is 20.9 Å². The first kappa shape index (κ1) is 10.9. The number of thiol groups is 1. The molecule has 0 aromatic carbocycles. The Bertz CT molecular complexity index is 138. The fourth-order valence-corrected chi connectivity index (χ4v) is 3.12. The van der Waals surface area contributed by atoms with E-state index >= 15 is 0 Å². The first-order chi connectivity index (χ1) is 4.48. The second-order valence-corrected chi connectivity index (χ2v) is 7.28. The third-order valence-corrected chi connectivity index (χ3v) is 3.11. The third kappa shape index (κ3) is 5.69. The van der Waals surface area contributed by atoms with Crippen molar-refractivity contribution in [3.8, 4) is 0 Å². The second kappa shape index (κ2) is 4.73. The molecule has 2 nitrogen and oxygen atoms in total. The molecule has 0 rings (SSSR count). The zero-order chi connectivity index (χ0) is 8.20. The van der Waals surface area contributed by atoms with Crippen molar-refractivity contribution in [2.45, 2.75) is 26.9 Å². The van der Waals surface area contributed by atoms with Gasteiger partial charge in [0.1, 0.15) is 0 Å². The van der Waals surface area contributed by atoms with Crippen molar-refractivity contribution in [1.29, 1.82) is 0 Å². The lowest BCUT2D eigenvalue weighted by molar-refractivity contribution is 0.220. The highest BCUT2D eigenvalue weighted by Crippen LogP contribution is 2.54. The van der Waals surface area contributed by atoms with Gasteiger partial charge in [0.25, 0.3) is 0 Å². The Morgan fingerprint density at radius 1 is 1.60 bits per heavy atom. The fourth-order valence-electron chi connectivity index (χ4n) is 0.460. The van der Waals surface area contributed by atoms with E-state index in [1.165, 1.54) is 0 Å². The largest absolute Gasteiger partial charge is 0.322 e. The molecule has 1 atom stereocenters. The van der Waals surface area contributed by atoms with E-state index in [0.29, 0.717) is 6.61 Å². The van der Waals surface area contributed by atoms with Gasteiger partial charge >= 0.3 is 0 Å². The molecule has 0 heterocycles. The van der Waals surface area contributed by atoms with Crippen molar-refractivity contribution < 1.29 is 9.05 Å². The van der Waals surface area contributed by atoms with Gasteiger partial charge in [-0.3, -0.25) is 0 Å². The van der Waals surface area contributed by atoms with E-state index in [9.17, 15) is 0 Å². The molecule has 0 bridgehead atoms. The molecule has 10 heavy (non-hydrogen) atoms. The monoisotopic (exact) mass is 200 g/mol. The third-order valence-electron chi connectivity index (χ3n) is 0.636. The quantitative estimate of drug-likeness (QED) is 0.556. The molecule has 0 fully saturated rings. The average molecular weight is 200 g/mol. The van der Waals surface area contributed by atoms with Crippen LogP contribution < -0.4 is 0 Å². The van der Waals surface area contributed by atoms with E-state index in [2.05, 4.69) is 12.2 Å². The minimum absolute atomic E-state index is 0.0925.